The number of halogens is 1. The maximum Gasteiger partial charge on any atom is 0.311 e. The quantitative estimate of drug-likeness (QED) is 0.902. The standard InChI is InChI=1S/C18H19ClN2O4/c1-18(17(23)24)7-2-8-21(11-18)15(22)9-14-10-25-16(20-14)12-3-5-13(19)6-4-12/h3-6,10H,2,7-9,11H2,1H3,(H,23,24). The van der Waals surface area contributed by atoms with Crippen LogP contribution in [0.5, 0.6) is 0 Å². The van der Waals surface area contributed by atoms with Gasteiger partial charge in [-0.1, -0.05) is 11.6 Å². The third-order valence-corrected chi connectivity index (χ3v) is 4.79. The molecule has 3 rings (SSSR count). The van der Waals surface area contributed by atoms with Crippen LogP contribution >= 0.6 is 11.6 Å². The second kappa shape index (κ2) is 6.88. The minimum absolute atomic E-state index is 0.0901. The highest BCUT2D eigenvalue weighted by Crippen LogP contribution is 2.30. The topological polar surface area (TPSA) is 83.6 Å². The van der Waals surface area contributed by atoms with Gasteiger partial charge in [0.25, 0.3) is 0 Å². The largest absolute Gasteiger partial charge is 0.481 e. The number of oxazole rings is 1. The second-order valence-corrected chi connectivity index (χ2v) is 7.05. The number of likely N-dealkylation sites (tertiary alicyclic amines) is 1. The Morgan fingerprint density at radius 2 is 2.08 bits per heavy atom. The molecule has 0 saturated carbocycles. The van der Waals surface area contributed by atoms with Gasteiger partial charge in [-0.25, -0.2) is 4.98 Å². The highest BCUT2D eigenvalue weighted by molar-refractivity contribution is 6.30. The van der Waals surface area contributed by atoms with E-state index >= 15 is 0 Å². The number of piperidine rings is 1. The van der Waals surface area contributed by atoms with Crippen LogP contribution in [-0.4, -0.2) is 40.0 Å². The van der Waals surface area contributed by atoms with Crippen LogP contribution in [-0.2, 0) is 16.0 Å². The summed E-state index contributed by atoms with van der Waals surface area (Å²) >= 11 is 5.86. The zero-order valence-electron chi connectivity index (χ0n) is 13.9. The van der Waals surface area contributed by atoms with Gasteiger partial charge in [0.05, 0.1) is 17.5 Å². The molecule has 1 aromatic carbocycles. The van der Waals surface area contributed by atoms with Gasteiger partial charge in [0, 0.05) is 23.7 Å². The first kappa shape index (κ1) is 17.5. The summed E-state index contributed by atoms with van der Waals surface area (Å²) in [5.41, 5.74) is 0.420. The zero-order chi connectivity index (χ0) is 18.0. The number of carbonyl (C=O) groups is 2. The summed E-state index contributed by atoms with van der Waals surface area (Å²) in [4.78, 5) is 29.9. The molecule has 0 spiro atoms. The van der Waals surface area contributed by atoms with Crippen molar-refractivity contribution in [3.8, 4) is 11.5 Å². The summed E-state index contributed by atoms with van der Waals surface area (Å²) in [6, 6.07) is 7.07. The van der Waals surface area contributed by atoms with Crippen LogP contribution in [0.4, 0.5) is 0 Å². The lowest BCUT2D eigenvalue weighted by atomic mass is 9.82. The van der Waals surface area contributed by atoms with Crippen LogP contribution in [0.25, 0.3) is 11.5 Å². The number of aliphatic carboxylic acids is 1. The molecule has 1 amide bonds. The molecular formula is C18H19ClN2O4. The maximum absolute atomic E-state index is 12.5. The van der Waals surface area contributed by atoms with Crippen LogP contribution < -0.4 is 0 Å². The number of carboxylic acids is 1. The van der Waals surface area contributed by atoms with Gasteiger partial charge in [0.15, 0.2) is 0 Å². The molecule has 7 heteroatoms. The molecule has 6 nitrogen and oxygen atoms in total. The van der Waals surface area contributed by atoms with Crippen molar-refractivity contribution in [3.63, 3.8) is 0 Å². The van der Waals surface area contributed by atoms with Crippen molar-refractivity contribution in [2.24, 2.45) is 5.41 Å². The molecule has 1 aromatic heterocycles. The average Bonchev–Trinajstić information content (AvgIpc) is 3.04. The Balaban J connectivity index is 1.67. The Hall–Kier alpha value is -2.34. The van der Waals surface area contributed by atoms with E-state index in [1.807, 2.05) is 0 Å². The highest BCUT2D eigenvalue weighted by atomic mass is 35.5. The van der Waals surface area contributed by atoms with Crippen molar-refractivity contribution in [2.45, 2.75) is 26.2 Å². The Morgan fingerprint density at radius 3 is 2.76 bits per heavy atom. The van der Waals surface area contributed by atoms with Gasteiger partial charge in [-0.15, -0.1) is 0 Å². The fourth-order valence-electron chi connectivity index (χ4n) is 3.01. The molecule has 0 bridgehead atoms. The minimum atomic E-state index is -0.883. The molecule has 132 valence electrons. The van der Waals surface area contributed by atoms with Gasteiger partial charge >= 0.3 is 5.97 Å². The predicted molar refractivity (Wildman–Crippen MR) is 92.2 cm³/mol. The minimum Gasteiger partial charge on any atom is -0.481 e. The first-order valence-electron chi connectivity index (χ1n) is 8.09. The van der Waals surface area contributed by atoms with Crippen molar-refractivity contribution in [3.05, 3.63) is 41.2 Å². The van der Waals surface area contributed by atoms with E-state index in [1.54, 1.807) is 36.1 Å². The number of carboxylic acid groups (broad SMARTS) is 1. The Labute approximate surface area is 150 Å². The van der Waals surface area contributed by atoms with E-state index in [9.17, 15) is 14.7 Å². The first-order chi connectivity index (χ1) is 11.9. The third kappa shape index (κ3) is 3.85. The van der Waals surface area contributed by atoms with E-state index in [4.69, 9.17) is 16.0 Å². The van der Waals surface area contributed by atoms with Gasteiger partial charge in [-0.2, -0.15) is 0 Å². The molecule has 1 unspecified atom stereocenters. The number of hydrogen-bond donors (Lipinski definition) is 1. The normalized spacial score (nSPS) is 20.5. The van der Waals surface area contributed by atoms with Gasteiger partial charge < -0.3 is 14.4 Å². The van der Waals surface area contributed by atoms with Crippen LogP contribution in [0, 0.1) is 5.41 Å². The van der Waals surface area contributed by atoms with Crippen molar-refractivity contribution >= 4 is 23.5 Å². The molecule has 2 aromatic rings. The predicted octanol–water partition coefficient (Wildman–Crippen LogP) is 3.25. The van der Waals surface area contributed by atoms with E-state index < -0.39 is 11.4 Å². The third-order valence-electron chi connectivity index (χ3n) is 4.54. The van der Waals surface area contributed by atoms with Gasteiger partial charge in [0.1, 0.15) is 6.26 Å². The molecule has 1 atom stereocenters. The number of rotatable bonds is 4. The summed E-state index contributed by atoms with van der Waals surface area (Å²) in [7, 11) is 0. The summed E-state index contributed by atoms with van der Waals surface area (Å²) in [5, 5.41) is 9.98. The van der Waals surface area contributed by atoms with Crippen molar-refractivity contribution in [1.82, 2.24) is 9.88 Å². The van der Waals surface area contributed by atoms with E-state index in [0.717, 1.165) is 5.56 Å². The fraction of sp³-hybridized carbons (Fsp3) is 0.389. The molecule has 0 radical (unpaired) electrons. The molecule has 0 aliphatic carbocycles. The van der Waals surface area contributed by atoms with Gasteiger partial charge in [-0.3, -0.25) is 9.59 Å². The first-order valence-corrected chi connectivity index (χ1v) is 8.47. The molecule has 1 N–H and O–H groups in total. The molecule has 2 heterocycles. The Bertz CT molecular complexity index is 787. The monoisotopic (exact) mass is 362 g/mol. The van der Waals surface area contributed by atoms with Crippen LogP contribution in [0.3, 0.4) is 0 Å². The molecule has 25 heavy (non-hydrogen) atoms. The number of aromatic nitrogens is 1. The molecule has 1 aliphatic rings. The molecule has 1 saturated heterocycles. The summed E-state index contributed by atoms with van der Waals surface area (Å²) in [6.45, 7) is 2.48. The number of carbonyl (C=O) groups excluding carboxylic acids is 1. The summed E-state index contributed by atoms with van der Waals surface area (Å²) in [5.74, 6) is -0.576. The number of benzene rings is 1. The van der Waals surface area contributed by atoms with E-state index in [-0.39, 0.29) is 18.9 Å². The molecule has 1 aliphatic heterocycles. The lowest BCUT2D eigenvalue weighted by Gasteiger charge is -2.37. The smallest absolute Gasteiger partial charge is 0.311 e. The summed E-state index contributed by atoms with van der Waals surface area (Å²) < 4.78 is 5.44. The maximum atomic E-state index is 12.5. The molecule has 1 fully saturated rings. The second-order valence-electron chi connectivity index (χ2n) is 6.61. The number of amides is 1. The van der Waals surface area contributed by atoms with E-state index in [2.05, 4.69) is 4.98 Å². The van der Waals surface area contributed by atoms with Crippen molar-refractivity contribution < 1.29 is 19.1 Å². The van der Waals surface area contributed by atoms with Crippen molar-refractivity contribution in [2.75, 3.05) is 13.1 Å². The van der Waals surface area contributed by atoms with E-state index in [0.29, 0.717) is 36.0 Å². The van der Waals surface area contributed by atoms with Crippen LogP contribution in [0.15, 0.2) is 34.9 Å². The number of hydrogen-bond acceptors (Lipinski definition) is 4. The fourth-order valence-corrected chi connectivity index (χ4v) is 3.13. The molecular weight excluding hydrogens is 344 g/mol. The Morgan fingerprint density at radius 1 is 1.36 bits per heavy atom. The van der Waals surface area contributed by atoms with Crippen LogP contribution in [0.1, 0.15) is 25.5 Å². The van der Waals surface area contributed by atoms with Gasteiger partial charge in [0.2, 0.25) is 11.8 Å². The lowest BCUT2D eigenvalue weighted by molar-refractivity contribution is -0.153. The van der Waals surface area contributed by atoms with Gasteiger partial charge in [-0.05, 0) is 44.0 Å². The van der Waals surface area contributed by atoms with Crippen LogP contribution in [0.2, 0.25) is 5.02 Å². The highest BCUT2D eigenvalue weighted by Gasteiger charge is 2.39. The lowest BCUT2D eigenvalue weighted by Crippen LogP contribution is -2.48. The van der Waals surface area contributed by atoms with Crippen molar-refractivity contribution in [1.29, 1.82) is 0 Å². The summed E-state index contributed by atoms with van der Waals surface area (Å²) in [6.07, 6.45) is 2.81. The Kier molecular flexibility index (Phi) is 4.81. The van der Waals surface area contributed by atoms with E-state index in [1.165, 1.54) is 6.26 Å². The zero-order valence-corrected chi connectivity index (χ0v) is 14.6. The number of nitrogens with zero attached hydrogens (tertiary/aromatic N) is 2. The average molecular weight is 363 g/mol. The SMILES string of the molecule is CC1(C(=O)O)CCCN(C(=O)Cc2coc(-c3ccc(Cl)cc3)n2)C1.